The van der Waals surface area contributed by atoms with Crippen molar-refractivity contribution in [3.05, 3.63) is 48.7 Å². The van der Waals surface area contributed by atoms with Crippen molar-refractivity contribution in [1.82, 2.24) is 0 Å². The number of hydrogen-bond acceptors (Lipinski definition) is 3. The van der Waals surface area contributed by atoms with Crippen LogP contribution in [0.2, 0.25) is 0 Å². The van der Waals surface area contributed by atoms with Gasteiger partial charge < -0.3 is 9.47 Å². The van der Waals surface area contributed by atoms with Crippen LogP contribution in [-0.2, 0) is 9.47 Å². The van der Waals surface area contributed by atoms with Gasteiger partial charge in [-0.05, 0) is 25.0 Å². The zero-order valence-electron chi connectivity index (χ0n) is 11.8. The van der Waals surface area contributed by atoms with E-state index in [-0.39, 0.29) is 11.4 Å². The molecule has 108 valence electrons. The van der Waals surface area contributed by atoms with Crippen LogP contribution < -0.4 is 0 Å². The molecule has 0 amide bonds. The van der Waals surface area contributed by atoms with Crippen LogP contribution in [0.1, 0.15) is 42.5 Å². The smallest absolute Gasteiger partial charge is 0.338 e. The Balaban J connectivity index is 1.94. The van der Waals surface area contributed by atoms with Crippen LogP contribution in [0.3, 0.4) is 0 Å². The molecule has 0 N–H and O–H groups in total. The minimum Gasteiger partial charge on any atom is -0.501 e. The molecule has 1 saturated carbocycles. The van der Waals surface area contributed by atoms with E-state index in [1.54, 1.807) is 12.1 Å². The first-order chi connectivity index (χ1) is 9.76. The van der Waals surface area contributed by atoms with Crippen molar-refractivity contribution < 1.29 is 14.3 Å². The highest BCUT2D eigenvalue weighted by Gasteiger charge is 2.34. The molecule has 0 spiro atoms. The van der Waals surface area contributed by atoms with Crippen LogP contribution in [0, 0.1) is 5.41 Å². The molecule has 0 bridgehead atoms. The molecule has 20 heavy (non-hydrogen) atoms. The van der Waals surface area contributed by atoms with E-state index >= 15 is 0 Å². The molecule has 3 nitrogen and oxygen atoms in total. The third-order valence-corrected chi connectivity index (χ3v) is 3.94. The van der Waals surface area contributed by atoms with Crippen molar-refractivity contribution in [2.45, 2.75) is 32.1 Å². The fourth-order valence-corrected chi connectivity index (χ4v) is 2.74. The van der Waals surface area contributed by atoms with E-state index in [4.69, 9.17) is 9.47 Å². The van der Waals surface area contributed by atoms with Crippen molar-refractivity contribution in [1.29, 1.82) is 0 Å². The topological polar surface area (TPSA) is 35.5 Å². The fraction of sp³-hybridized carbons (Fsp3) is 0.471. The van der Waals surface area contributed by atoms with Gasteiger partial charge in [-0.15, -0.1) is 0 Å². The number of ether oxygens (including phenoxy) is 2. The highest BCUT2D eigenvalue weighted by Crippen LogP contribution is 2.37. The third kappa shape index (κ3) is 3.86. The Kier molecular flexibility index (Phi) is 5.22. The molecule has 0 radical (unpaired) electrons. The highest BCUT2D eigenvalue weighted by molar-refractivity contribution is 5.89. The van der Waals surface area contributed by atoms with Gasteiger partial charge in [0.15, 0.2) is 0 Å². The van der Waals surface area contributed by atoms with E-state index in [0.717, 1.165) is 12.8 Å². The first kappa shape index (κ1) is 14.6. The van der Waals surface area contributed by atoms with Crippen LogP contribution in [0.4, 0.5) is 0 Å². The summed E-state index contributed by atoms with van der Waals surface area (Å²) in [6.45, 7) is 4.60. The maximum atomic E-state index is 12.0. The minimum absolute atomic E-state index is 0.0448. The molecule has 1 aliphatic rings. The molecule has 0 unspecified atom stereocenters. The monoisotopic (exact) mass is 274 g/mol. The van der Waals surface area contributed by atoms with Gasteiger partial charge in [-0.25, -0.2) is 4.79 Å². The Morgan fingerprint density at radius 3 is 2.50 bits per heavy atom. The van der Waals surface area contributed by atoms with Crippen LogP contribution >= 0.6 is 0 Å². The number of carbonyl (C=O) groups is 1. The molecule has 0 aromatic heterocycles. The van der Waals surface area contributed by atoms with Gasteiger partial charge in [0, 0.05) is 5.41 Å². The van der Waals surface area contributed by atoms with E-state index in [9.17, 15) is 4.79 Å². The molecule has 1 aromatic rings. The molecular formula is C17H22O3. The second kappa shape index (κ2) is 7.13. The largest absolute Gasteiger partial charge is 0.501 e. The van der Waals surface area contributed by atoms with Gasteiger partial charge in [0.25, 0.3) is 0 Å². The van der Waals surface area contributed by atoms with Gasteiger partial charge in [-0.3, -0.25) is 0 Å². The van der Waals surface area contributed by atoms with Gasteiger partial charge in [0.2, 0.25) is 0 Å². The molecule has 1 aliphatic carbocycles. The SMILES string of the molecule is C=COCC1(COC(=O)c2ccccc2)CCCCC1. The Hall–Kier alpha value is -1.77. The second-order valence-corrected chi connectivity index (χ2v) is 5.48. The molecule has 0 atom stereocenters. The molecule has 3 heteroatoms. The van der Waals surface area contributed by atoms with Crippen LogP contribution in [0.25, 0.3) is 0 Å². The van der Waals surface area contributed by atoms with Crippen molar-refractivity contribution in [3.8, 4) is 0 Å². The highest BCUT2D eigenvalue weighted by atomic mass is 16.5. The summed E-state index contributed by atoms with van der Waals surface area (Å²) in [5.41, 5.74) is 0.555. The maximum Gasteiger partial charge on any atom is 0.338 e. The lowest BCUT2D eigenvalue weighted by Gasteiger charge is -2.35. The Labute approximate surface area is 120 Å². The summed E-state index contributed by atoms with van der Waals surface area (Å²) in [5.74, 6) is -0.255. The summed E-state index contributed by atoms with van der Waals surface area (Å²) in [5, 5.41) is 0. The van der Waals surface area contributed by atoms with Gasteiger partial charge in [-0.1, -0.05) is 44.0 Å². The van der Waals surface area contributed by atoms with E-state index in [1.807, 2.05) is 18.2 Å². The zero-order valence-corrected chi connectivity index (χ0v) is 11.8. The number of benzene rings is 1. The van der Waals surface area contributed by atoms with E-state index in [1.165, 1.54) is 25.5 Å². The van der Waals surface area contributed by atoms with Gasteiger partial charge in [-0.2, -0.15) is 0 Å². The van der Waals surface area contributed by atoms with Gasteiger partial charge in [0.05, 0.1) is 18.4 Å². The van der Waals surface area contributed by atoms with Crippen LogP contribution in [0.5, 0.6) is 0 Å². The molecule has 0 saturated heterocycles. The Morgan fingerprint density at radius 2 is 1.85 bits per heavy atom. The zero-order chi connectivity index (χ0) is 14.3. The van der Waals surface area contributed by atoms with E-state index < -0.39 is 0 Å². The van der Waals surface area contributed by atoms with E-state index in [0.29, 0.717) is 18.8 Å². The molecule has 1 aromatic carbocycles. The molecular weight excluding hydrogens is 252 g/mol. The molecule has 1 fully saturated rings. The van der Waals surface area contributed by atoms with Crippen LogP contribution in [-0.4, -0.2) is 19.2 Å². The summed E-state index contributed by atoms with van der Waals surface area (Å²) >= 11 is 0. The Morgan fingerprint density at radius 1 is 1.15 bits per heavy atom. The summed E-state index contributed by atoms with van der Waals surface area (Å²) in [6, 6.07) is 9.12. The first-order valence-electron chi connectivity index (χ1n) is 7.20. The Bertz CT molecular complexity index is 433. The normalized spacial score (nSPS) is 17.2. The standard InChI is InChI=1S/C17H22O3/c1-2-19-13-17(11-7-4-8-12-17)14-20-16(18)15-9-5-3-6-10-15/h2-3,5-6,9-10H,1,4,7-8,11-14H2. The summed E-state index contributed by atoms with van der Waals surface area (Å²) in [7, 11) is 0. The fourth-order valence-electron chi connectivity index (χ4n) is 2.74. The predicted octanol–water partition coefficient (Wildman–Crippen LogP) is 3.95. The number of esters is 1. The van der Waals surface area contributed by atoms with Crippen molar-refractivity contribution in [2.24, 2.45) is 5.41 Å². The van der Waals surface area contributed by atoms with Crippen molar-refractivity contribution in [3.63, 3.8) is 0 Å². The summed E-state index contributed by atoms with van der Waals surface area (Å²) in [6.07, 6.45) is 7.15. The van der Waals surface area contributed by atoms with Crippen molar-refractivity contribution in [2.75, 3.05) is 13.2 Å². The lowest BCUT2D eigenvalue weighted by atomic mass is 9.75. The average molecular weight is 274 g/mol. The van der Waals surface area contributed by atoms with Crippen LogP contribution in [0.15, 0.2) is 43.2 Å². The molecule has 0 heterocycles. The van der Waals surface area contributed by atoms with E-state index in [2.05, 4.69) is 6.58 Å². The quantitative estimate of drug-likeness (QED) is 0.582. The second-order valence-electron chi connectivity index (χ2n) is 5.48. The van der Waals surface area contributed by atoms with Gasteiger partial charge >= 0.3 is 5.97 Å². The maximum absolute atomic E-state index is 12.0. The minimum atomic E-state index is -0.255. The predicted molar refractivity (Wildman–Crippen MR) is 78.4 cm³/mol. The van der Waals surface area contributed by atoms with Crippen molar-refractivity contribution >= 4 is 5.97 Å². The average Bonchev–Trinajstić information content (AvgIpc) is 2.52. The summed E-state index contributed by atoms with van der Waals surface area (Å²) in [4.78, 5) is 12.0. The molecule has 0 aliphatic heterocycles. The lowest BCUT2D eigenvalue weighted by molar-refractivity contribution is -0.00945. The number of carbonyl (C=O) groups excluding carboxylic acids is 1. The number of rotatable bonds is 6. The first-order valence-corrected chi connectivity index (χ1v) is 7.20. The number of hydrogen-bond donors (Lipinski definition) is 0. The van der Waals surface area contributed by atoms with Gasteiger partial charge in [0.1, 0.15) is 6.61 Å². The molecule has 2 rings (SSSR count). The third-order valence-electron chi connectivity index (χ3n) is 3.94. The summed E-state index contributed by atoms with van der Waals surface area (Å²) < 4.78 is 10.9. The lowest BCUT2D eigenvalue weighted by Crippen LogP contribution is -2.35.